The first-order valence-corrected chi connectivity index (χ1v) is 9.26. The van der Waals surface area contributed by atoms with Crippen LogP contribution < -0.4 is 10.6 Å². The molecule has 0 spiro atoms. The van der Waals surface area contributed by atoms with Crippen molar-refractivity contribution in [1.29, 1.82) is 0 Å². The zero-order valence-electron chi connectivity index (χ0n) is 14.7. The highest BCUT2D eigenvalue weighted by molar-refractivity contribution is 5.75. The Morgan fingerprint density at radius 3 is 2.19 bits per heavy atom. The number of nitrogens with one attached hydrogen (secondary N) is 2. The molecule has 1 fully saturated rings. The van der Waals surface area contributed by atoms with Crippen molar-refractivity contribution in [3.05, 3.63) is 41.7 Å². The van der Waals surface area contributed by atoms with E-state index in [1.807, 2.05) is 0 Å². The molecule has 1 saturated carbocycles. The second-order valence-electron chi connectivity index (χ2n) is 7.21. The van der Waals surface area contributed by atoms with Gasteiger partial charge in [0, 0.05) is 12.1 Å². The van der Waals surface area contributed by atoms with E-state index in [0.29, 0.717) is 25.7 Å². The number of carboxylic acids is 1. The number of benzene rings is 1. The van der Waals surface area contributed by atoms with E-state index >= 15 is 0 Å². The van der Waals surface area contributed by atoms with Gasteiger partial charge in [0.2, 0.25) is 0 Å². The molecular weight excluding hydrogens is 335 g/mol. The van der Waals surface area contributed by atoms with Crippen LogP contribution >= 0.6 is 0 Å². The van der Waals surface area contributed by atoms with Crippen LogP contribution in [0.25, 0.3) is 5.57 Å². The summed E-state index contributed by atoms with van der Waals surface area (Å²) in [7, 11) is 0. The summed E-state index contributed by atoms with van der Waals surface area (Å²) in [6, 6.07) is 6.48. The number of hydrogen-bond acceptors (Lipinski definition) is 2. The maximum Gasteiger partial charge on any atom is 0.315 e. The third-order valence-electron chi connectivity index (χ3n) is 5.37. The lowest BCUT2D eigenvalue weighted by atomic mass is 9.86. The molecule has 6 heteroatoms. The summed E-state index contributed by atoms with van der Waals surface area (Å²) in [5.41, 5.74) is 2.22. The van der Waals surface area contributed by atoms with Gasteiger partial charge in [0.1, 0.15) is 5.82 Å². The van der Waals surface area contributed by atoms with E-state index in [2.05, 4.69) is 16.7 Å². The van der Waals surface area contributed by atoms with E-state index in [0.717, 1.165) is 24.8 Å². The molecule has 140 valence electrons. The quantitative estimate of drug-likeness (QED) is 0.766. The van der Waals surface area contributed by atoms with Gasteiger partial charge in [0.25, 0.3) is 0 Å². The van der Waals surface area contributed by atoms with E-state index < -0.39 is 5.97 Å². The number of allylic oxidation sites excluding steroid dienone is 1. The van der Waals surface area contributed by atoms with Gasteiger partial charge in [-0.05, 0) is 68.2 Å². The molecule has 1 aromatic carbocycles. The zero-order valence-corrected chi connectivity index (χ0v) is 14.7. The van der Waals surface area contributed by atoms with Gasteiger partial charge in [-0.25, -0.2) is 9.18 Å². The summed E-state index contributed by atoms with van der Waals surface area (Å²) in [6.07, 6.45) is 7.22. The van der Waals surface area contributed by atoms with Crippen molar-refractivity contribution in [1.82, 2.24) is 10.6 Å². The predicted molar refractivity (Wildman–Crippen MR) is 97.1 cm³/mol. The van der Waals surface area contributed by atoms with Crippen LogP contribution in [-0.4, -0.2) is 29.2 Å². The van der Waals surface area contributed by atoms with E-state index in [4.69, 9.17) is 5.11 Å². The molecule has 0 saturated heterocycles. The average Bonchev–Trinajstić information content (AvgIpc) is 2.63. The Kier molecular flexibility index (Phi) is 5.91. The summed E-state index contributed by atoms with van der Waals surface area (Å²) in [6.45, 7) is 0. The second kappa shape index (κ2) is 8.34. The maximum atomic E-state index is 13.0. The number of aliphatic carboxylic acids is 1. The van der Waals surface area contributed by atoms with E-state index in [9.17, 15) is 14.0 Å². The van der Waals surface area contributed by atoms with Crippen LogP contribution in [0.5, 0.6) is 0 Å². The van der Waals surface area contributed by atoms with Crippen LogP contribution in [-0.2, 0) is 4.79 Å². The zero-order chi connectivity index (χ0) is 18.5. The van der Waals surface area contributed by atoms with Crippen LogP contribution in [0.2, 0.25) is 0 Å². The van der Waals surface area contributed by atoms with Gasteiger partial charge in [-0.15, -0.1) is 0 Å². The monoisotopic (exact) mass is 360 g/mol. The minimum atomic E-state index is -0.737. The van der Waals surface area contributed by atoms with Gasteiger partial charge in [0.15, 0.2) is 0 Å². The molecular formula is C20H25FN2O3. The number of amides is 2. The Morgan fingerprint density at radius 2 is 1.62 bits per heavy atom. The third-order valence-corrected chi connectivity index (χ3v) is 5.37. The molecule has 0 heterocycles. The minimum absolute atomic E-state index is 0.0551. The van der Waals surface area contributed by atoms with Crippen molar-refractivity contribution in [2.45, 2.75) is 57.0 Å². The topological polar surface area (TPSA) is 78.4 Å². The van der Waals surface area contributed by atoms with Crippen LogP contribution in [0.4, 0.5) is 9.18 Å². The highest BCUT2D eigenvalue weighted by Gasteiger charge is 2.27. The smallest absolute Gasteiger partial charge is 0.315 e. The Labute approximate surface area is 152 Å². The molecule has 1 unspecified atom stereocenters. The number of rotatable bonds is 4. The molecule has 1 aromatic rings. The van der Waals surface area contributed by atoms with Crippen molar-refractivity contribution in [3.8, 4) is 0 Å². The molecule has 26 heavy (non-hydrogen) atoms. The van der Waals surface area contributed by atoms with Crippen molar-refractivity contribution < 1.29 is 19.1 Å². The number of carboxylic acid groups (broad SMARTS) is 1. The molecule has 0 radical (unpaired) electrons. The Bertz CT molecular complexity index is 679. The lowest BCUT2D eigenvalue weighted by molar-refractivity contribution is -0.142. The third kappa shape index (κ3) is 4.84. The molecule has 5 nitrogen and oxygen atoms in total. The van der Waals surface area contributed by atoms with Crippen LogP contribution in [0.15, 0.2) is 30.3 Å². The second-order valence-corrected chi connectivity index (χ2v) is 7.21. The van der Waals surface area contributed by atoms with Gasteiger partial charge in [-0.1, -0.05) is 18.2 Å². The van der Waals surface area contributed by atoms with Gasteiger partial charge < -0.3 is 15.7 Å². The van der Waals surface area contributed by atoms with Gasteiger partial charge in [-0.3, -0.25) is 4.79 Å². The maximum absolute atomic E-state index is 13.0. The van der Waals surface area contributed by atoms with Crippen LogP contribution in [0.1, 0.15) is 50.5 Å². The first-order chi connectivity index (χ1) is 12.5. The van der Waals surface area contributed by atoms with Gasteiger partial charge in [-0.2, -0.15) is 0 Å². The molecule has 3 N–H and O–H groups in total. The highest BCUT2D eigenvalue weighted by Crippen LogP contribution is 2.27. The van der Waals surface area contributed by atoms with E-state index in [1.54, 1.807) is 12.1 Å². The van der Waals surface area contributed by atoms with Crippen molar-refractivity contribution in [2.75, 3.05) is 0 Å². The largest absolute Gasteiger partial charge is 0.481 e. The Balaban J connectivity index is 1.43. The Hall–Kier alpha value is -2.37. The summed E-state index contributed by atoms with van der Waals surface area (Å²) < 4.78 is 13.0. The molecule has 0 aromatic heterocycles. The number of urea groups is 1. The highest BCUT2D eigenvalue weighted by atomic mass is 19.1. The normalized spacial score (nSPS) is 25.9. The number of carbonyl (C=O) groups excluding carboxylic acids is 1. The fourth-order valence-electron chi connectivity index (χ4n) is 3.79. The lowest BCUT2D eigenvalue weighted by Gasteiger charge is -2.28. The van der Waals surface area contributed by atoms with Crippen molar-refractivity contribution in [3.63, 3.8) is 0 Å². The molecule has 3 rings (SSSR count). The van der Waals surface area contributed by atoms with Crippen LogP contribution in [0.3, 0.4) is 0 Å². The average molecular weight is 360 g/mol. The molecule has 2 amide bonds. The Morgan fingerprint density at radius 1 is 0.962 bits per heavy atom. The number of halogens is 1. The van der Waals surface area contributed by atoms with Gasteiger partial charge in [0.05, 0.1) is 5.92 Å². The summed E-state index contributed by atoms with van der Waals surface area (Å²) in [4.78, 5) is 23.2. The summed E-state index contributed by atoms with van der Waals surface area (Å²) >= 11 is 0. The molecule has 1 atom stereocenters. The van der Waals surface area contributed by atoms with E-state index in [-0.39, 0.29) is 29.8 Å². The molecule has 0 aliphatic heterocycles. The summed E-state index contributed by atoms with van der Waals surface area (Å²) in [5, 5.41) is 15.0. The van der Waals surface area contributed by atoms with Crippen molar-refractivity contribution >= 4 is 17.6 Å². The molecule has 0 bridgehead atoms. The SMILES string of the molecule is O=C(NC1CC=C(c2ccc(F)cc2)CC1)NC1CCC(C(=O)O)CC1. The fourth-order valence-corrected chi connectivity index (χ4v) is 3.79. The molecule has 2 aliphatic carbocycles. The van der Waals surface area contributed by atoms with Gasteiger partial charge >= 0.3 is 12.0 Å². The first kappa shape index (κ1) is 18.4. The van der Waals surface area contributed by atoms with Crippen LogP contribution in [0, 0.1) is 11.7 Å². The number of carbonyl (C=O) groups is 2. The fraction of sp³-hybridized carbons (Fsp3) is 0.500. The lowest BCUT2D eigenvalue weighted by Crippen LogP contribution is -2.47. The molecule has 2 aliphatic rings. The van der Waals surface area contributed by atoms with Crippen molar-refractivity contribution in [2.24, 2.45) is 5.92 Å². The predicted octanol–water partition coefficient (Wildman–Crippen LogP) is 3.70. The van der Waals surface area contributed by atoms with E-state index in [1.165, 1.54) is 17.7 Å². The first-order valence-electron chi connectivity index (χ1n) is 9.26. The standard InChI is InChI=1S/C20H25FN2O3/c21-16-7-1-13(2-8-16)14-3-9-17(10-4-14)22-20(26)23-18-11-5-15(6-12-18)19(24)25/h1-3,7-8,15,17-18H,4-6,9-12H2,(H,24,25)(H2,22,23,26). The number of hydrogen-bond donors (Lipinski definition) is 3. The summed E-state index contributed by atoms with van der Waals surface area (Å²) in [5.74, 6) is -1.25. The minimum Gasteiger partial charge on any atom is -0.481 e.